The van der Waals surface area contributed by atoms with Crippen LogP contribution in [0.25, 0.3) is 0 Å². The van der Waals surface area contributed by atoms with Gasteiger partial charge in [-0.25, -0.2) is 4.39 Å². The van der Waals surface area contributed by atoms with E-state index in [4.69, 9.17) is 9.47 Å². The number of likely N-dealkylation sites (tertiary alicyclic amines) is 1. The summed E-state index contributed by atoms with van der Waals surface area (Å²) in [5, 5.41) is 0. The second kappa shape index (κ2) is 5.57. The molecule has 2 aliphatic heterocycles. The molecular formula is C18H16FNO3. The van der Waals surface area contributed by atoms with Gasteiger partial charge in [-0.2, -0.15) is 0 Å². The van der Waals surface area contributed by atoms with E-state index in [0.717, 1.165) is 18.4 Å². The van der Waals surface area contributed by atoms with Crippen LogP contribution >= 0.6 is 0 Å². The van der Waals surface area contributed by atoms with Gasteiger partial charge < -0.3 is 14.4 Å². The summed E-state index contributed by atoms with van der Waals surface area (Å²) < 4.78 is 24.1. The molecule has 1 atom stereocenters. The molecule has 4 nitrogen and oxygen atoms in total. The monoisotopic (exact) mass is 313 g/mol. The van der Waals surface area contributed by atoms with E-state index in [0.29, 0.717) is 23.6 Å². The van der Waals surface area contributed by atoms with E-state index in [-0.39, 0.29) is 24.6 Å². The number of nitrogens with zero attached hydrogens (tertiary/aromatic N) is 1. The molecule has 118 valence electrons. The van der Waals surface area contributed by atoms with Gasteiger partial charge in [0.2, 0.25) is 6.79 Å². The molecule has 2 aromatic carbocycles. The first-order valence-corrected chi connectivity index (χ1v) is 7.68. The Morgan fingerprint density at radius 1 is 1.13 bits per heavy atom. The highest BCUT2D eigenvalue weighted by Crippen LogP contribution is 2.36. The lowest BCUT2D eigenvalue weighted by Crippen LogP contribution is -2.30. The highest BCUT2D eigenvalue weighted by atomic mass is 19.1. The number of rotatable bonds is 2. The van der Waals surface area contributed by atoms with Gasteiger partial charge in [0.25, 0.3) is 5.91 Å². The van der Waals surface area contributed by atoms with Crippen LogP contribution in [0.4, 0.5) is 4.39 Å². The van der Waals surface area contributed by atoms with Crippen molar-refractivity contribution in [3.8, 4) is 11.5 Å². The Kier molecular flexibility index (Phi) is 3.41. The summed E-state index contributed by atoms with van der Waals surface area (Å²) in [6, 6.07) is 11.6. The average molecular weight is 313 g/mol. The zero-order valence-corrected chi connectivity index (χ0v) is 12.5. The summed E-state index contributed by atoms with van der Waals surface area (Å²) in [7, 11) is 0. The number of halogens is 1. The van der Waals surface area contributed by atoms with Crippen LogP contribution < -0.4 is 9.47 Å². The molecule has 0 spiro atoms. The lowest BCUT2D eigenvalue weighted by molar-refractivity contribution is 0.0735. The van der Waals surface area contributed by atoms with Gasteiger partial charge in [0.05, 0.1) is 6.04 Å². The first-order chi connectivity index (χ1) is 11.2. The number of fused-ring (bicyclic) bond motifs is 1. The summed E-state index contributed by atoms with van der Waals surface area (Å²) in [5.74, 6) is 0.918. The third-order valence-electron chi connectivity index (χ3n) is 4.37. The predicted octanol–water partition coefficient (Wildman–Crippen LogP) is 3.53. The minimum absolute atomic E-state index is 0.0601. The maximum atomic E-state index is 13.5. The molecule has 0 bridgehead atoms. The minimum Gasteiger partial charge on any atom is -0.454 e. The Labute approximate surface area is 133 Å². The molecule has 23 heavy (non-hydrogen) atoms. The molecule has 2 aromatic rings. The van der Waals surface area contributed by atoms with E-state index in [1.807, 2.05) is 11.0 Å². The number of hydrogen-bond donors (Lipinski definition) is 0. The molecular weight excluding hydrogens is 297 g/mol. The quantitative estimate of drug-likeness (QED) is 0.851. The van der Waals surface area contributed by atoms with Gasteiger partial charge in [-0.1, -0.05) is 12.1 Å². The molecule has 5 heteroatoms. The Morgan fingerprint density at radius 2 is 2.00 bits per heavy atom. The molecule has 4 rings (SSSR count). The van der Waals surface area contributed by atoms with Crippen molar-refractivity contribution >= 4 is 5.91 Å². The molecule has 2 aliphatic rings. The normalized spacial score (nSPS) is 19.2. The van der Waals surface area contributed by atoms with Crippen molar-refractivity contribution in [3.63, 3.8) is 0 Å². The van der Waals surface area contributed by atoms with Crippen LogP contribution in [0.5, 0.6) is 11.5 Å². The minimum atomic E-state index is -0.273. The first-order valence-electron chi connectivity index (χ1n) is 7.68. The fourth-order valence-corrected chi connectivity index (χ4v) is 3.27. The van der Waals surface area contributed by atoms with Gasteiger partial charge in [0, 0.05) is 12.1 Å². The lowest BCUT2D eigenvalue weighted by atomic mass is 10.0. The maximum Gasteiger partial charge on any atom is 0.254 e. The van der Waals surface area contributed by atoms with Gasteiger partial charge >= 0.3 is 0 Å². The summed E-state index contributed by atoms with van der Waals surface area (Å²) >= 11 is 0. The lowest BCUT2D eigenvalue weighted by Gasteiger charge is -2.25. The van der Waals surface area contributed by atoms with E-state index in [9.17, 15) is 9.18 Å². The Bertz CT molecular complexity index is 762. The van der Waals surface area contributed by atoms with Gasteiger partial charge in [-0.3, -0.25) is 4.79 Å². The van der Waals surface area contributed by atoms with Gasteiger partial charge in [-0.05, 0) is 48.7 Å². The number of ether oxygens (including phenoxy) is 2. The summed E-state index contributed by atoms with van der Waals surface area (Å²) in [6.45, 7) is 0.858. The van der Waals surface area contributed by atoms with Crippen LogP contribution in [0.1, 0.15) is 34.8 Å². The highest BCUT2D eigenvalue weighted by molar-refractivity contribution is 5.95. The van der Waals surface area contributed by atoms with E-state index in [1.165, 1.54) is 12.1 Å². The molecule has 1 fully saturated rings. The van der Waals surface area contributed by atoms with Gasteiger partial charge in [0.1, 0.15) is 5.82 Å². The van der Waals surface area contributed by atoms with Crippen LogP contribution in [0, 0.1) is 5.82 Å². The number of carbonyl (C=O) groups is 1. The molecule has 0 radical (unpaired) electrons. The van der Waals surface area contributed by atoms with Gasteiger partial charge in [-0.15, -0.1) is 0 Å². The second-order valence-corrected chi connectivity index (χ2v) is 5.78. The number of benzene rings is 2. The van der Waals surface area contributed by atoms with Crippen LogP contribution in [0.15, 0.2) is 42.5 Å². The van der Waals surface area contributed by atoms with Crippen LogP contribution in [-0.2, 0) is 0 Å². The van der Waals surface area contributed by atoms with E-state index < -0.39 is 0 Å². The van der Waals surface area contributed by atoms with Crippen LogP contribution in [0.3, 0.4) is 0 Å². The summed E-state index contributed by atoms with van der Waals surface area (Å²) in [6.07, 6.45) is 1.76. The third kappa shape index (κ3) is 2.52. The van der Waals surface area contributed by atoms with Crippen molar-refractivity contribution < 1.29 is 18.7 Å². The van der Waals surface area contributed by atoms with E-state index in [2.05, 4.69) is 0 Å². The molecule has 1 saturated heterocycles. The second-order valence-electron chi connectivity index (χ2n) is 5.78. The average Bonchev–Trinajstić information content (AvgIpc) is 3.22. The van der Waals surface area contributed by atoms with Crippen LogP contribution in [-0.4, -0.2) is 24.1 Å². The number of amides is 1. The predicted molar refractivity (Wildman–Crippen MR) is 82.0 cm³/mol. The van der Waals surface area contributed by atoms with Crippen LogP contribution in [0.2, 0.25) is 0 Å². The third-order valence-corrected chi connectivity index (χ3v) is 4.37. The Balaban J connectivity index is 1.62. The molecule has 0 unspecified atom stereocenters. The SMILES string of the molecule is O=C(c1ccc2c(c1)OCO2)N1CCC[C@H]1c1cccc(F)c1. The molecule has 0 aromatic heterocycles. The number of carbonyl (C=O) groups excluding carboxylic acids is 1. The van der Waals surface area contributed by atoms with E-state index >= 15 is 0 Å². The Hall–Kier alpha value is -2.56. The Morgan fingerprint density at radius 3 is 2.87 bits per heavy atom. The fourth-order valence-electron chi connectivity index (χ4n) is 3.27. The maximum absolute atomic E-state index is 13.5. The molecule has 1 amide bonds. The largest absolute Gasteiger partial charge is 0.454 e. The summed E-state index contributed by atoms with van der Waals surface area (Å²) in [5.41, 5.74) is 1.41. The van der Waals surface area contributed by atoms with Crippen molar-refractivity contribution in [3.05, 3.63) is 59.4 Å². The van der Waals surface area contributed by atoms with E-state index in [1.54, 1.807) is 24.3 Å². The van der Waals surface area contributed by atoms with Crippen molar-refractivity contribution in [2.45, 2.75) is 18.9 Å². The zero-order chi connectivity index (χ0) is 15.8. The topological polar surface area (TPSA) is 38.8 Å². The van der Waals surface area contributed by atoms with Crippen molar-refractivity contribution in [1.82, 2.24) is 4.90 Å². The molecule has 0 N–H and O–H groups in total. The standard InChI is InChI=1S/C18H16FNO3/c19-14-4-1-3-12(9-14)15-5-2-8-20(15)18(21)13-6-7-16-17(10-13)23-11-22-16/h1,3-4,6-7,9-10,15H,2,5,8,11H2/t15-/m0/s1. The van der Waals surface area contributed by atoms with Crippen molar-refractivity contribution in [1.29, 1.82) is 0 Å². The van der Waals surface area contributed by atoms with Crippen molar-refractivity contribution in [2.75, 3.05) is 13.3 Å². The molecule has 0 aliphatic carbocycles. The zero-order valence-electron chi connectivity index (χ0n) is 12.5. The summed E-state index contributed by atoms with van der Waals surface area (Å²) in [4.78, 5) is 14.7. The highest BCUT2D eigenvalue weighted by Gasteiger charge is 2.31. The van der Waals surface area contributed by atoms with Gasteiger partial charge in [0.15, 0.2) is 11.5 Å². The fraction of sp³-hybridized carbons (Fsp3) is 0.278. The smallest absolute Gasteiger partial charge is 0.254 e. The first kappa shape index (κ1) is 14.1. The molecule has 2 heterocycles. The number of hydrogen-bond acceptors (Lipinski definition) is 3. The molecule has 0 saturated carbocycles. The van der Waals surface area contributed by atoms with Crippen molar-refractivity contribution in [2.24, 2.45) is 0 Å².